The summed E-state index contributed by atoms with van der Waals surface area (Å²) in [4.78, 5) is 5.84. The van der Waals surface area contributed by atoms with E-state index in [9.17, 15) is 0 Å². The van der Waals surface area contributed by atoms with Crippen LogP contribution in [0.2, 0.25) is 0 Å². The second kappa shape index (κ2) is 5.76. The van der Waals surface area contributed by atoms with E-state index in [0.717, 1.165) is 16.7 Å². The molecule has 0 saturated carbocycles. The fraction of sp³-hybridized carbons (Fsp3) is 0.308. The number of halogens is 1. The molecule has 0 spiro atoms. The Kier molecular flexibility index (Phi) is 4.31. The van der Waals surface area contributed by atoms with E-state index in [1.807, 2.05) is 12.3 Å². The Bertz CT molecular complexity index is 478. The van der Waals surface area contributed by atoms with E-state index in [-0.39, 0.29) is 6.04 Å². The van der Waals surface area contributed by atoms with Crippen molar-refractivity contribution in [1.29, 1.82) is 0 Å². The summed E-state index contributed by atoms with van der Waals surface area (Å²) in [6, 6.07) is 6.46. The van der Waals surface area contributed by atoms with Gasteiger partial charge in [0.2, 0.25) is 0 Å². The first-order valence-corrected chi connectivity index (χ1v) is 7.28. The van der Waals surface area contributed by atoms with Crippen LogP contribution in [0.5, 0.6) is 0 Å². The van der Waals surface area contributed by atoms with E-state index >= 15 is 0 Å². The predicted molar refractivity (Wildman–Crippen MR) is 76.5 cm³/mol. The molecule has 0 bridgehead atoms. The molecule has 0 aliphatic carbocycles. The van der Waals surface area contributed by atoms with Crippen molar-refractivity contribution in [3.8, 4) is 0 Å². The van der Waals surface area contributed by atoms with Crippen molar-refractivity contribution in [1.82, 2.24) is 10.3 Å². The molecule has 0 amide bonds. The van der Waals surface area contributed by atoms with Gasteiger partial charge in [-0.3, -0.25) is 4.98 Å². The second-order valence-corrected chi connectivity index (χ2v) is 5.72. The molecule has 0 aliphatic rings. The number of hydrogen-bond acceptors (Lipinski definition) is 3. The number of aryl methyl sites for hydroxylation is 1. The van der Waals surface area contributed by atoms with Crippen molar-refractivity contribution in [2.24, 2.45) is 0 Å². The first kappa shape index (κ1) is 12.7. The predicted octanol–water partition coefficient (Wildman–Crippen LogP) is 3.91. The van der Waals surface area contributed by atoms with E-state index < -0.39 is 0 Å². The maximum Gasteiger partial charge on any atom is 0.0847 e. The summed E-state index contributed by atoms with van der Waals surface area (Å²) < 4.78 is 1.01. The molecule has 0 aromatic carbocycles. The normalized spacial score (nSPS) is 12.6. The molecule has 17 heavy (non-hydrogen) atoms. The average molecular weight is 311 g/mol. The number of hydrogen-bond donors (Lipinski definition) is 1. The molecule has 2 aromatic rings. The van der Waals surface area contributed by atoms with Crippen LogP contribution in [0, 0.1) is 6.92 Å². The lowest BCUT2D eigenvalue weighted by atomic mass is 10.1. The maximum absolute atomic E-state index is 4.49. The lowest BCUT2D eigenvalue weighted by molar-refractivity contribution is 0.622. The van der Waals surface area contributed by atoms with Gasteiger partial charge in [-0.25, -0.2) is 0 Å². The van der Waals surface area contributed by atoms with E-state index in [0.29, 0.717) is 0 Å². The Morgan fingerprint density at radius 3 is 2.76 bits per heavy atom. The molecule has 0 radical (unpaired) electrons. The second-order valence-electron chi connectivity index (χ2n) is 3.86. The largest absolute Gasteiger partial charge is 0.305 e. The fourth-order valence-electron chi connectivity index (χ4n) is 1.77. The zero-order chi connectivity index (χ0) is 12.3. The number of nitrogens with one attached hydrogen (secondary N) is 1. The number of rotatable bonds is 4. The van der Waals surface area contributed by atoms with E-state index in [1.165, 1.54) is 10.4 Å². The van der Waals surface area contributed by atoms with Crippen molar-refractivity contribution < 1.29 is 0 Å². The highest BCUT2D eigenvalue weighted by molar-refractivity contribution is 9.10. The molecule has 1 N–H and O–H groups in total. The van der Waals surface area contributed by atoms with E-state index in [2.05, 4.69) is 57.6 Å². The lowest BCUT2D eigenvalue weighted by Crippen LogP contribution is -2.22. The first-order valence-electron chi connectivity index (χ1n) is 5.61. The minimum Gasteiger partial charge on any atom is -0.305 e. The lowest BCUT2D eigenvalue weighted by Gasteiger charge is -2.17. The summed E-state index contributed by atoms with van der Waals surface area (Å²) in [5.74, 6) is 0. The van der Waals surface area contributed by atoms with Crippen LogP contribution in [0.15, 0.2) is 34.2 Å². The van der Waals surface area contributed by atoms with E-state index in [4.69, 9.17) is 0 Å². The maximum atomic E-state index is 4.49. The molecule has 0 fully saturated rings. The van der Waals surface area contributed by atoms with Gasteiger partial charge in [-0.05, 0) is 58.5 Å². The minimum absolute atomic E-state index is 0.202. The average Bonchev–Trinajstić information content (AvgIpc) is 2.74. The Hall–Kier alpha value is -0.710. The van der Waals surface area contributed by atoms with Crippen molar-refractivity contribution in [3.05, 3.63) is 50.4 Å². The summed E-state index contributed by atoms with van der Waals surface area (Å²) in [5.41, 5.74) is 2.39. The first-order chi connectivity index (χ1) is 8.22. The molecule has 1 unspecified atom stereocenters. The van der Waals surface area contributed by atoms with Crippen molar-refractivity contribution >= 4 is 27.3 Å². The van der Waals surface area contributed by atoms with Gasteiger partial charge in [-0.2, -0.15) is 0 Å². The molecule has 0 saturated heterocycles. The van der Waals surface area contributed by atoms with Crippen LogP contribution < -0.4 is 5.32 Å². The monoisotopic (exact) mass is 310 g/mol. The molecule has 4 heteroatoms. The number of aromatic nitrogens is 1. The van der Waals surface area contributed by atoms with Crippen LogP contribution in [-0.4, -0.2) is 11.5 Å². The Labute approximate surface area is 114 Å². The third-order valence-corrected chi connectivity index (χ3v) is 4.17. The molecule has 1 atom stereocenters. The highest BCUT2D eigenvalue weighted by Gasteiger charge is 2.17. The van der Waals surface area contributed by atoms with Gasteiger partial charge < -0.3 is 5.32 Å². The van der Waals surface area contributed by atoms with Gasteiger partial charge in [0.05, 0.1) is 11.7 Å². The molecule has 2 heterocycles. The number of pyridine rings is 1. The van der Waals surface area contributed by atoms with Gasteiger partial charge in [0.1, 0.15) is 0 Å². The van der Waals surface area contributed by atoms with Gasteiger partial charge in [-0.1, -0.05) is 6.92 Å². The molecular weight excluding hydrogens is 296 g/mol. The summed E-state index contributed by atoms with van der Waals surface area (Å²) in [7, 11) is 0. The molecule has 2 nitrogen and oxygen atoms in total. The van der Waals surface area contributed by atoms with Crippen molar-refractivity contribution in [3.63, 3.8) is 0 Å². The molecule has 2 aromatic heterocycles. The fourth-order valence-corrected chi connectivity index (χ4v) is 3.02. The quantitative estimate of drug-likeness (QED) is 0.926. The van der Waals surface area contributed by atoms with Crippen LogP contribution in [0.1, 0.15) is 29.1 Å². The number of nitrogens with zero attached hydrogens (tertiary/aromatic N) is 1. The van der Waals surface area contributed by atoms with Crippen LogP contribution in [-0.2, 0) is 0 Å². The SMILES string of the molecule is CCNC(c1ccc(Br)cn1)c1sccc1C. The molecule has 90 valence electrons. The molecule has 0 aliphatic heterocycles. The van der Waals surface area contributed by atoms with Crippen LogP contribution in [0.25, 0.3) is 0 Å². The third kappa shape index (κ3) is 2.94. The summed E-state index contributed by atoms with van der Waals surface area (Å²) in [5, 5.41) is 5.63. The topological polar surface area (TPSA) is 24.9 Å². The summed E-state index contributed by atoms with van der Waals surface area (Å²) >= 11 is 5.20. The van der Waals surface area contributed by atoms with Gasteiger partial charge in [0.15, 0.2) is 0 Å². The van der Waals surface area contributed by atoms with Crippen LogP contribution in [0.3, 0.4) is 0 Å². The summed E-state index contributed by atoms with van der Waals surface area (Å²) in [6.07, 6.45) is 1.85. The minimum atomic E-state index is 0.202. The van der Waals surface area contributed by atoms with Gasteiger partial charge in [0, 0.05) is 15.5 Å². The van der Waals surface area contributed by atoms with Crippen LogP contribution >= 0.6 is 27.3 Å². The zero-order valence-electron chi connectivity index (χ0n) is 9.90. The zero-order valence-corrected chi connectivity index (χ0v) is 12.3. The smallest absolute Gasteiger partial charge is 0.0847 e. The van der Waals surface area contributed by atoms with Crippen molar-refractivity contribution in [2.75, 3.05) is 6.54 Å². The van der Waals surface area contributed by atoms with Gasteiger partial charge >= 0.3 is 0 Å². The Morgan fingerprint density at radius 1 is 1.41 bits per heavy atom. The highest BCUT2D eigenvalue weighted by Crippen LogP contribution is 2.28. The Balaban J connectivity index is 2.35. The van der Waals surface area contributed by atoms with Gasteiger partial charge in [-0.15, -0.1) is 11.3 Å². The Morgan fingerprint density at radius 2 is 2.24 bits per heavy atom. The van der Waals surface area contributed by atoms with E-state index in [1.54, 1.807) is 11.3 Å². The van der Waals surface area contributed by atoms with Crippen LogP contribution in [0.4, 0.5) is 0 Å². The third-order valence-electron chi connectivity index (χ3n) is 2.62. The summed E-state index contributed by atoms with van der Waals surface area (Å²) in [6.45, 7) is 5.20. The van der Waals surface area contributed by atoms with Crippen molar-refractivity contribution in [2.45, 2.75) is 19.9 Å². The highest BCUT2D eigenvalue weighted by atomic mass is 79.9. The molecular formula is C13H15BrN2S. The standard InChI is InChI=1S/C13H15BrN2S/c1-3-15-12(13-9(2)6-7-17-13)11-5-4-10(14)8-16-11/h4-8,12,15H,3H2,1-2H3. The number of thiophene rings is 1. The van der Waals surface area contributed by atoms with Gasteiger partial charge in [0.25, 0.3) is 0 Å². The molecule has 2 rings (SSSR count).